The van der Waals surface area contributed by atoms with Gasteiger partial charge in [0.15, 0.2) is 0 Å². The fraction of sp³-hybridized carbons (Fsp3) is 1.00. The standard InChI is InChI=1S/3C14H26/c1-10(2)5-6-11-7-8-12-9-13(11)14(12,3)4;2*1-4-11-5-12-7-13(6-11)9-14(8-12)10(2)3/h10-13H,5-9H2,1-4H3;2*10-14H,4-9H2,1-3H3/t11-,12+,13+;2*11?,12-,13+,14?/m1../s1. The second kappa shape index (κ2) is 15.5. The van der Waals surface area contributed by atoms with Crippen LogP contribution in [0.25, 0.3) is 0 Å². The van der Waals surface area contributed by atoms with Gasteiger partial charge in [0.2, 0.25) is 0 Å². The van der Waals surface area contributed by atoms with Crippen molar-refractivity contribution < 1.29 is 0 Å². The largest absolute Gasteiger partial charge is 0.0651 e. The summed E-state index contributed by atoms with van der Waals surface area (Å²) in [5, 5.41) is 0. The van der Waals surface area contributed by atoms with Crippen LogP contribution >= 0.6 is 0 Å². The molecule has 0 aromatic rings. The average Bonchev–Trinajstić information content (AvgIpc) is 2.95. The third kappa shape index (κ3) is 9.05. The lowest BCUT2D eigenvalue weighted by atomic mass is 9.45. The van der Waals surface area contributed by atoms with Crippen LogP contribution in [0.5, 0.6) is 0 Å². The summed E-state index contributed by atoms with van der Waals surface area (Å²) >= 11 is 0. The lowest BCUT2D eigenvalue weighted by molar-refractivity contribution is -0.107. The minimum Gasteiger partial charge on any atom is -0.0651 e. The Labute approximate surface area is 266 Å². The second-order valence-corrected chi connectivity index (χ2v) is 19.0. The topological polar surface area (TPSA) is 0 Å². The quantitative estimate of drug-likeness (QED) is 0.280. The van der Waals surface area contributed by atoms with Crippen LogP contribution in [0.3, 0.4) is 0 Å². The highest BCUT2D eigenvalue weighted by Crippen LogP contribution is 2.62. The minimum absolute atomic E-state index is 0.694. The first-order valence-corrected chi connectivity index (χ1v) is 19.9. The smallest absolute Gasteiger partial charge is 0.0295 e. The molecule has 0 N–H and O–H groups in total. The van der Waals surface area contributed by atoms with Gasteiger partial charge in [-0.2, -0.15) is 0 Å². The monoisotopic (exact) mass is 583 g/mol. The third-order valence-corrected chi connectivity index (χ3v) is 14.7. The fourth-order valence-electron chi connectivity index (χ4n) is 11.7. The molecule has 0 nitrogen and oxygen atoms in total. The van der Waals surface area contributed by atoms with Gasteiger partial charge < -0.3 is 0 Å². The molecule has 7 rings (SSSR count). The van der Waals surface area contributed by atoms with Crippen LogP contribution in [0.1, 0.15) is 178 Å². The molecule has 7 saturated carbocycles. The number of rotatable bonds is 7. The SMILES string of the molecule is CC(C)CC[C@@H]1CC[C@H]2C[C@@H]1C2(C)C.CCC1C[C@@H]2CC(C(C)C)C[C@H](C1)C2.CCC1C[C@@H]2CC(C(C)C)C[C@H](C1)C2. The van der Waals surface area contributed by atoms with Crippen molar-refractivity contribution in [3.8, 4) is 0 Å². The minimum atomic E-state index is 0.694. The van der Waals surface area contributed by atoms with Crippen LogP contribution in [0.15, 0.2) is 0 Å². The van der Waals surface area contributed by atoms with Gasteiger partial charge in [0, 0.05) is 0 Å². The Morgan fingerprint density at radius 1 is 0.548 bits per heavy atom. The van der Waals surface area contributed by atoms with Gasteiger partial charge in [-0.25, -0.2) is 0 Å². The molecule has 7 fully saturated rings. The van der Waals surface area contributed by atoms with E-state index >= 15 is 0 Å². The predicted octanol–water partition coefficient (Wildman–Crippen LogP) is 13.5. The van der Waals surface area contributed by atoms with Gasteiger partial charge in [-0.15, -0.1) is 0 Å². The molecule has 0 amide bonds. The van der Waals surface area contributed by atoms with Crippen molar-refractivity contribution in [2.75, 3.05) is 0 Å². The molecular formula is C42H78. The molecular weight excluding hydrogens is 504 g/mol. The molecule has 246 valence electrons. The van der Waals surface area contributed by atoms with E-state index in [1.54, 1.807) is 70.6 Å². The van der Waals surface area contributed by atoms with Gasteiger partial charge >= 0.3 is 0 Å². The van der Waals surface area contributed by atoms with Crippen LogP contribution in [0, 0.1) is 88.3 Å². The summed E-state index contributed by atoms with van der Waals surface area (Å²) in [6, 6.07) is 0. The normalized spacial score (nSPS) is 41.8. The maximum absolute atomic E-state index is 2.51. The van der Waals surface area contributed by atoms with Gasteiger partial charge in [-0.05, 0) is 178 Å². The Bertz CT molecular complexity index is 701. The molecule has 0 radical (unpaired) electrons. The molecule has 6 bridgehead atoms. The number of hydrogen-bond acceptors (Lipinski definition) is 0. The van der Waals surface area contributed by atoms with E-state index in [9.17, 15) is 0 Å². The first-order valence-electron chi connectivity index (χ1n) is 19.9. The summed E-state index contributed by atoms with van der Waals surface area (Å²) in [5.74, 6) is 14.6. The summed E-state index contributed by atoms with van der Waals surface area (Å²) in [6.07, 6.45) is 25.9. The first kappa shape index (κ1) is 34.9. The summed E-state index contributed by atoms with van der Waals surface area (Å²) in [7, 11) is 0. The van der Waals surface area contributed by atoms with E-state index in [1.165, 1.54) is 38.5 Å². The zero-order valence-corrected chi connectivity index (χ0v) is 30.6. The van der Waals surface area contributed by atoms with Crippen LogP contribution in [0.4, 0.5) is 0 Å². The fourth-order valence-corrected chi connectivity index (χ4v) is 11.7. The summed E-state index contributed by atoms with van der Waals surface area (Å²) in [4.78, 5) is 0. The highest BCUT2D eigenvalue weighted by molar-refractivity contribution is 5.03. The first-order chi connectivity index (χ1) is 19.9. The highest BCUT2D eigenvalue weighted by Gasteiger charge is 2.53. The van der Waals surface area contributed by atoms with E-state index in [-0.39, 0.29) is 0 Å². The van der Waals surface area contributed by atoms with Crippen molar-refractivity contribution in [1.82, 2.24) is 0 Å². The Balaban J connectivity index is 0.000000145. The van der Waals surface area contributed by atoms with E-state index in [4.69, 9.17) is 0 Å². The Kier molecular flexibility index (Phi) is 12.9. The van der Waals surface area contributed by atoms with Gasteiger partial charge in [0.05, 0.1) is 0 Å². The van der Waals surface area contributed by atoms with E-state index in [0.29, 0.717) is 5.41 Å². The van der Waals surface area contributed by atoms with E-state index in [0.717, 1.165) is 82.9 Å². The van der Waals surface area contributed by atoms with E-state index in [2.05, 4.69) is 69.2 Å². The van der Waals surface area contributed by atoms with Gasteiger partial charge in [-0.3, -0.25) is 0 Å². The van der Waals surface area contributed by atoms with Gasteiger partial charge in [0.1, 0.15) is 0 Å². The zero-order valence-electron chi connectivity index (χ0n) is 30.6. The maximum Gasteiger partial charge on any atom is -0.0295 e. The molecule has 42 heavy (non-hydrogen) atoms. The molecule has 0 aromatic heterocycles. The third-order valence-electron chi connectivity index (χ3n) is 14.7. The van der Waals surface area contributed by atoms with E-state index in [1.807, 2.05) is 0 Å². The predicted molar refractivity (Wildman–Crippen MR) is 187 cm³/mol. The van der Waals surface area contributed by atoms with Crippen molar-refractivity contribution in [2.24, 2.45) is 88.3 Å². The summed E-state index contributed by atoms with van der Waals surface area (Å²) in [6.45, 7) is 24.2. The number of fused-ring (bicyclic) bond motifs is 6. The molecule has 0 aliphatic heterocycles. The van der Waals surface area contributed by atoms with Crippen molar-refractivity contribution in [2.45, 2.75) is 178 Å². The molecule has 0 aromatic carbocycles. The Morgan fingerprint density at radius 2 is 0.976 bits per heavy atom. The van der Waals surface area contributed by atoms with Gasteiger partial charge in [0.25, 0.3) is 0 Å². The summed E-state index contributed by atoms with van der Waals surface area (Å²) in [5.41, 5.74) is 0.694. The van der Waals surface area contributed by atoms with Crippen molar-refractivity contribution in [3.63, 3.8) is 0 Å². The van der Waals surface area contributed by atoms with E-state index < -0.39 is 0 Å². The highest BCUT2D eigenvalue weighted by atomic mass is 14.6. The molecule has 0 spiro atoms. The number of hydrogen-bond donors (Lipinski definition) is 0. The van der Waals surface area contributed by atoms with Crippen molar-refractivity contribution in [3.05, 3.63) is 0 Å². The van der Waals surface area contributed by atoms with Crippen LogP contribution in [-0.2, 0) is 0 Å². The average molecular weight is 583 g/mol. The second-order valence-electron chi connectivity index (χ2n) is 19.0. The van der Waals surface area contributed by atoms with Crippen molar-refractivity contribution >= 4 is 0 Å². The molecule has 7 aliphatic carbocycles. The maximum atomic E-state index is 2.51. The Morgan fingerprint density at radius 3 is 1.29 bits per heavy atom. The molecule has 11 atom stereocenters. The van der Waals surface area contributed by atoms with Crippen LogP contribution in [-0.4, -0.2) is 0 Å². The molecule has 0 heteroatoms. The lowest BCUT2D eigenvalue weighted by Gasteiger charge is -2.60. The van der Waals surface area contributed by atoms with Gasteiger partial charge in [-0.1, -0.05) is 88.5 Å². The van der Waals surface area contributed by atoms with Crippen molar-refractivity contribution in [1.29, 1.82) is 0 Å². The molecule has 7 aliphatic rings. The zero-order chi connectivity index (χ0) is 30.6. The molecule has 4 unspecified atom stereocenters. The Hall–Kier alpha value is 0. The molecule has 0 heterocycles. The lowest BCUT2D eigenvalue weighted by Crippen LogP contribution is -2.52. The molecule has 0 saturated heterocycles. The van der Waals surface area contributed by atoms with Crippen LogP contribution < -0.4 is 0 Å². The summed E-state index contributed by atoms with van der Waals surface area (Å²) < 4.78 is 0. The van der Waals surface area contributed by atoms with Crippen LogP contribution in [0.2, 0.25) is 0 Å².